The summed E-state index contributed by atoms with van der Waals surface area (Å²) in [7, 11) is 0. The molecule has 1 aromatic carbocycles. The van der Waals surface area contributed by atoms with Crippen LogP contribution >= 0.6 is 0 Å². The molecule has 0 heterocycles. The van der Waals surface area contributed by atoms with Gasteiger partial charge in [0.05, 0.1) is 6.61 Å². The van der Waals surface area contributed by atoms with Crippen molar-refractivity contribution in [2.45, 2.75) is 57.3 Å². The van der Waals surface area contributed by atoms with Crippen molar-refractivity contribution in [2.24, 2.45) is 5.73 Å². The summed E-state index contributed by atoms with van der Waals surface area (Å²) in [5.41, 5.74) is 6.73. The number of nitrogens with two attached hydrogens (primary N) is 1. The van der Waals surface area contributed by atoms with Crippen LogP contribution in [0.1, 0.15) is 38.2 Å². The number of carbonyl (C=O) groups is 3. The van der Waals surface area contributed by atoms with Gasteiger partial charge in [0.25, 0.3) is 0 Å². The number of amides is 1. The first-order valence-corrected chi connectivity index (χ1v) is 9.66. The van der Waals surface area contributed by atoms with Crippen LogP contribution in [0, 0.1) is 0 Å². The Balaban J connectivity index is 2.44. The van der Waals surface area contributed by atoms with Gasteiger partial charge in [-0.05, 0) is 44.6 Å². The molecule has 0 saturated carbocycles. The predicted octanol–water partition coefficient (Wildman–Crippen LogP) is 2.27. The van der Waals surface area contributed by atoms with Crippen molar-refractivity contribution in [3.05, 3.63) is 35.9 Å². The summed E-state index contributed by atoms with van der Waals surface area (Å²) in [6.07, 6.45) is -4.68. The van der Waals surface area contributed by atoms with Gasteiger partial charge >= 0.3 is 24.0 Å². The van der Waals surface area contributed by atoms with Gasteiger partial charge in [0.2, 0.25) is 0 Å². The largest absolute Gasteiger partial charge is 0.471 e. The highest BCUT2D eigenvalue weighted by Gasteiger charge is 2.38. The van der Waals surface area contributed by atoms with Crippen LogP contribution < -0.4 is 11.1 Å². The van der Waals surface area contributed by atoms with Crippen molar-refractivity contribution >= 4 is 17.8 Å². The van der Waals surface area contributed by atoms with Crippen molar-refractivity contribution in [3.63, 3.8) is 0 Å². The Kier molecular flexibility index (Phi) is 10.9. The zero-order chi connectivity index (χ0) is 22.6. The standard InChI is InChI=1S/C20H27F3N2O5/c1-2-29-18(27)16(12-11-14-8-4-3-5-9-14)30-17(26)15(24)10-6-7-13-25-19(28)20(21,22)23/h3-5,8-9,15-16H,2,6-7,10-13,24H2,1H3,(H,25,28)/t15?,16-/m0/s1. The van der Waals surface area contributed by atoms with Crippen molar-refractivity contribution in [3.8, 4) is 0 Å². The molecule has 0 radical (unpaired) electrons. The smallest absolute Gasteiger partial charge is 0.463 e. The fourth-order valence-corrected chi connectivity index (χ4v) is 2.54. The van der Waals surface area contributed by atoms with Crippen molar-refractivity contribution in [2.75, 3.05) is 13.2 Å². The molecule has 0 saturated heterocycles. The van der Waals surface area contributed by atoms with Crippen molar-refractivity contribution in [1.29, 1.82) is 0 Å². The number of unbranched alkanes of at least 4 members (excludes halogenated alkanes) is 1. The van der Waals surface area contributed by atoms with Crippen LogP contribution in [0.15, 0.2) is 30.3 Å². The highest BCUT2D eigenvalue weighted by atomic mass is 19.4. The second kappa shape index (κ2) is 12.8. The maximum atomic E-state index is 12.2. The Hall–Kier alpha value is -2.62. The van der Waals surface area contributed by atoms with Crippen LogP contribution in [-0.4, -0.2) is 49.3 Å². The third-order valence-electron chi connectivity index (χ3n) is 4.13. The number of carbonyl (C=O) groups excluding carboxylic acids is 3. The quantitative estimate of drug-likeness (QED) is 0.388. The SMILES string of the molecule is CCOC(=O)[C@H](CCc1ccccc1)OC(=O)C(N)CCCCNC(=O)C(F)(F)F. The van der Waals surface area contributed by atoms with Crippen LogP contribution in [0.3, 0.4) is 0 Å². The number of ether oxygens (including phenoxy) is 2. The summed E-state index contributed by atoms with van der Waals surface area (Å²) in [4.78, 5) is 35.0. The van der Waals surface area contributed by atoms with Gasteiger partial charge in [-0.3, -0.25) is 9.59 Å². The summed E-state index contributed by atoms with van der Waals surface area (Å²) in [6, 6.07) is 8.29. The van der Waals surface area contributed by atoms with Crippen LogP contribution in [0.5, 0.6) is 0 Å². The lowest BCUT2D eigenvalue weighted by atomic mass is 10.1. The molecule has 10 heteroatoms. The normalized spacial score (nSPS) is 13.2. The van der Waals surface area contributed by atoms with E-state index in [4.69, 9.17) is 15.2 Å². The summed E-state index contributed by atoms with van der Waals surface area (Å²) in [5, 5.41) is 1.74. The Morgan fingerprint density at radius 3 is 2.33 bits per heavy atom. The van der Waals surface area contributed by atoms with Gasteiger partial charge in [0, 0.05) is 6.54 Å². The molecule has 30 heavy (non-hydrogen) atoms. The van der Waals surface area contributed by atoms with E-state index >= 15 is 0 Å². The lowest BCUT2D eigenvalue weighted by Gasteiger charge is -2.19. The molecule has 1 amide bonds. The minimum absolute atomic E-state index is 0.133. The van der Waals surface area contributed by atoms with Gasteiger partial charge in [-0.1, -0.05) is 30.3 Å². The lowest BCUT2D eigenvalue weighted by molar-refractivity contribution is -0.173. The maximum absolute atomic E-state index is 12.2. The predicted molar refractivity (Wildman–Crippen MR) is 102 cm³/mol. The highest BCUT2D eigenvalue weighted by Crippen LogP contribution is 2.14. The van der Waals surface area contributed by atoms with E-state index < -0.39 is 36.2 Å². The number of aryl methyl sites for hydroxylation is 1. The van der Waals surface area contributed by atoms with Gasteiger partial charge in [-0.15, -0.1) is 0 Å². The molecular formula is C20H27F3N2O5. The first kappa shape index (κ1) is 25.4. The Morgan fingerprint density at radius 2 is 1.73 bits per heavy atom. The average molecular weight is 432 g/mol. The van der Waals surface area contributed by atoms with Gasteiger partial charge < -0.3 is 20.5 Å². The molecule has 0 aromatic heterocycles. The molecule has 0 spiro atoms. The molecule has 7 nitrogen and oxygen atoms in total. The monoisotopic (exact) mass is 432 g/mol. The Bertz CT molecular complexity index is 683. The van der Waals surface area contributed by atoms with Gasteiger partial charge in [0.1, 0.15) is 6.04 Å². The second-order valence-corrected chi connectivity index (χ2v) is 6.56. The van der Waals surface area contributed by atoms with Gasteiger partial charge in [-0.25, -0.2) is 4.79 Å². The number of esters is 2. The summed E-state index contributed by atoms with van der Waals surface area (Å²) >= 11 is 0. The molecule has 0 aliphatic rings. The minimum atomic E-state index is -4.93. The van der Waals surface area contributed by atoms with E-state index in [1.807, 2.05) is 30.3 Å². The summed E-state index contributed by atoms with van der Waals surface area (Å²) in [6.45, 7) is 1.58. The van der Waals surface area contributed by atoms with E-state index in [1.165, 1.54) is 0 Å². The minimum Gasteiger partial charge on any atom is -0.463 e. The molecule has 1 rings (SSSR count). The van der Waals surface area contributed by atoms with E-state index in [1.54, 1.807) is 12.2 Å². The van der Waals surface area contributed by atoms with E-state index in [9.17, 15) is 27.6 Å². The van der Waals surface area contributed by atoms with Crippen LogP contribution in [0.2, 0.25) is 0 Å². The van der Waals surface area contributed by atoms with Gasteiger partial charge in [-0.2, -0.15) is 13.2 Å². The lowest BCUT2D eigenvalue weighted by Crippen LogP contribution is -2.39. The molecular weight excluding hydrogens is 405 g/mol. The highest BCUT2D eigenvalue weighted by molar-refractivity contribution is 5.82. The molecule has 0 aliphatic carbocycles. The Labute approximate surface area is 173 Å². The fraction of sp³-hybridized carbons (Fsp3) is 0.550. The third kappa shape index (κ3) is 9.73. The first-order valence-electron chi connectivity index (χ1n) is 9.66. The molecule has 0 aliphatic heterocycles. The van der Waals surface area contributed by atoms with E-state index in [2.05, 4.69) is 0 Å². The van der Waals surface area contributed by atoms with Crippen molar-refractivity contribution < 1.29 is 37.0 Å². The molecule has 0 fully saturated rings. The Morgan fingerprint density at radius 1 is 1.07 bits per heavy atom. The molecule has 168 valence electrons. The van der Waals surface area contributed by atoms with E-state index in [0.29, 0.717) is 12.8 Å². The first-order chi connectivity index (χ1) is 14.1. The number of halogens is 3. The number of rotatable bonds is 12. The zero-order valence-electron chi connectivity index (χ0n) is 16.7. The summed E-state index contributed by atoms with van der Waals surface area (Å²) in [5.74, 6) is -3.47. The topological polar surface area (TPSA) is 108 Å². The van der Waals surface area contributed by atoms with Crippen LogP contribution in [-0.2, 0) is 30.3 Å². The molecule has 2 atom stereocenters. The van der Waals surface area contributed by atoms with E-state index in [0.717, 1.165) is 5.56 Å². The number of hydrogen-bond donors (Lipinski definition) is 2. The zero-order valence-corrected chi connectivity index (χ0v) is 16.7. The number of alkyl halides is 3. The molecule has 0 bridgehead atoms. The second-order valence-electron chi connectivity index (χ2n) is 6.56. The number of hydrogen-bond acceptors (Lipinski definition) is 6. The van der Waals surface area contributed by atoms with Crippen LogP contribution in [0.25, 0.3) is 0 Å². The molecule has 1 unspecified atom stereocenters. The number of benzene rings is 1. The molecule has 3 N–H and O–H groups in total. The van der Waals surface area contributed by atoms with Crippen molar-refractivity contribution in [1.82, 2.24) is 5.32 Å². The van der Waals surface area contributed by atoms with Gasteiger partial charge in [0.15, 0.2) is 6.10 Å². The molecule has 1 aromatic rings. The average Bonchev–Trinajstić information content (AvgIpc) is 2.70. The van der Waals surface area contributed by atoms with Crippen LogP contribution in [0.4, 0.5) is 13.2 Å². The maximum Gasteiger partial charge on any atom is 0.471 e. The fourth-order valence-electron chi connectivity index (χ4n) is 2.54. The third-order valence-corrected chi connectivity index (χ3v) is 4.13. The number of nitrogens with one attached hydrogen (secondary N) is 1. The van der Waals surface area contributed by atoms with E-state index in [-0.39, 0.29) is 32.4 Å². The summed E-state index contributed by atoms with van der Waals surface area (Å²) < 4.78 is 46.4.